The SMILES string of the molecule is CSC(=O)c1ccccc1C(F)(F)F. The van der Waals surface area contributed by atoms with Crippen molar-refractivity contribution in [2.24, 2.45) is 0 Å². The lowest BCUT2D eigenvalue weighted by Crippen LogP contribution is -2.11. The number of halogens is 3. The van der Waals surface area contributed by atoms with Crippen LogP contribution in [-0.2, 0) is 6.18 Å². The molecule has 0 aliphatic carbocycles. The number of benzene rings is 1. The molecule has 1 rings (SSSR count). The first-order valence-electron chi connectivity index (χ1n) is 3.71. The molecular formula is C9H7F3OS. The van der Waals surface area contributed by atoms with Gasteiger partial charge in [0.2, 0.25) is 5.12 Å². The Hall–Kier alpha value is -0.970. The van der Waals surface area contributed by atoms with Crippen LogP contribution in [0.25, 0.3) is 0 Å². The van der Waals surface area contributed by atoms with Crippen LogP contribution in [0.3, 0.4) is 0 Å². The van der Waals surface area contributed by atoms with Gasteiger partial charge in [-0.05, 0) is 18.4 Å². The van der Waals surface area contributed by atoms with E-state index in [9.17, 15) is 18.0 Å². The lowest BCUT2D eigenvalue weighted by molar-refractivity contribution is -0.137. The Morgan fingerprint density at radius 3 is 2.36 bits per heavy atom. The average Bonchev–Trinajstić information content (AvgIpc) is 2.15. The average molecular weight is 220 g/mol. The van der Waals surface area contributed by atoms with Crippen LogP contribution in [0.5, 0.6) is 0 Å². The second-order valence-electron chi connectivity index (χ2n) is 2.53. The summed E-state index contributed by atoms with van der Waals surface area (Å²) < 4.78 is 37.2. The topological polar surface area (TPSA) is 17.1 Å². The van der Waals surface area contributed by atoms with Crippen LogP contribution >= 0.6 is 11.8 Å². The van der Waals surface area contributed by atoms with Crippen LogP contribution < -0.4 is 0 Å². The molecule has 0 heterocycles. The Morgan fingerprint density at radius 1 is 1.29 bits per heavy atom. The van der Waals surface area contributed by atoms with Gasteiger partial charge in [0.05, 0.1) is 5.56 Å². The van der Waals surface area contributed by atoms with Gasteiger partial charge in [0.25, 0.3) is 0 Å². The van der Waals surface area contributed by atoms with E-state index in [4.69, 9.17) is 0 Å². The molecule has 0 bridgehead atoms. The molecule has 0 N–H and O–H groups in total. The van der Waals surface area contributed by atoms with Gasteiger partial charge in [-0.2, -0.15) is 13.2 Å². The van der Waals surface area contributed by atoms with E-state index < -0.39 is 16.9 Å². The molecular weight excluding hydrogens is 213 g/mol. The molecule has 0 saturated heterocycles. The first-order chi connectivity index (χ1) is 6.46. The quantitative estimate of drug-likeness (QED) is 0.722. The van der Waals surface area contributed by atoms with Crippen LogP contribution in [-0.4, -0.2) is 11.4 Å². The van der Waals surface area contributed by atoms with Crippen LogP contribution in [0, 0.1) is 0 Å². The van der Waals surface area contributed by atoms with Crippen LogP contribution in [0.1, 0.15) is 15.9 Å². The molecule has 0 unspecified atom stereocenters. The summed E-state index contributed by atoms with van der Waals surface area (Å²) in [5.41, 5.74) is -1.16. The summed E-state index contributed by atoms with van der Waals surface area (Å²) in [5.74, 6) is 0. The molecule has 0 atom stereocenters. The smallest absolute Gasteiger partial charge is 0.282 e. The number of hydrogen-bond donors (Lipinski definition) is 0. The van der Waals surface area contributed by atoms with Crippen LogP contribution in [0.15, 0.2) is 24.3 Å². The van der Waals surface area contributed by atoms with E-state index in [2.05, 4.69) is 0 Å². The van der Waals surface area contributed by atoms with E-state index in [1.54, 1.807) is 0 Å². The minimum Gasteiger partial charge on any atom is -0.282 e. The number of thioether (sulfide) groups is 1. The zero-order chi connectivity index (χ0) is 10.8. The van der Waals surface area contributed by atoms with Crippen molar-refractivity contribution < 1.29 is 18.0 Å². The molecule has 5 heteroatoms. The molecule has 0 saturated carbocycles. The summed E-state index contributed by atoms with van der Waals surface area (Å²) >= 11 is 0.769. The second-order valence-corrected chi connectivity index (χ2v) is 3.31. The molecule has 0 fully saturated rings. The van der Waals surface area contributed by atoms with Gasteiger partial charge in [-0.25, -0.2) is 0 Å². The van der Waals surface area contributed by atoms with Crippen molar-refractivity contribution in [1.82, 2.24) is 0 Å². The summed E-state index contributed by atoms with van der Waals surface area (Å²) in [6.45, 7) is 0. The van der Waals surface area contributed by atoms with Crippen molar-refractivity contribution in [3.63, 3.8) is 0 Å². The summed E-state index contributed by atoms with van der Waals surface area (Å²) in [6.07, 6.45) is -3.02. The lowest BCUT2D eigenvalue weighted by Gasteiger charge is -2.10. The predicted molar refractivity (Wildman–Crippen MR) is 49.3 cm³/mol. The van der Waals surface area contributed by atoms with Gasteiger partial charge in [0, 0.05) is 5.56 Å². The monoisotopic (exact) mass is 220 g/mol. The fraction of sp³-hybridized carbons (Fsp3) is 0.222. The van der Waals surface area contributed by atoms with Gasteiger partial charge in [-0.3, -0.25) is 4.79 Å². The molecule has 76 valence electrons. The number of carbonyl (C=O) groups is 1. The van der Waals surface area contributed by atoms with E-state index in [1.807, 2.05) is 0 Å². The van der Waals surface area contributed by atoms with E-state index in [-0.39, 0.29) is 5.56 Å². The molecule has 1 nitrogen and oxygen atoms in total. The second kappa shape index (κ2) is 4.04. The van der Waals surface area contributed by atoms with Gasteiger partial charge in [-0.1, -0.05) is 23.9 Å². The molecule has 0 amide bonds. The Morgan fingerprint density at radius 2 is 1.86 bits per heavy atom. The molecule has 14 heavy (non-hydrogen) atoms. The Bertz CT molecular complexity index is 346. The maximum atomic E-state index is 12.4. The highest BCUT2D eigenvalue weighted by Gasteiger charge is 2.34. The van der Waals surface area contributed by atoms with Gasteiger partial charge in [0.1, 0.15) is 0 Å². The highest BCUT2D eigenvalue weighted by Crippen LogP contribution is 2.32. The highest BCUT2D eigenvalue weighted by molar-refractivity contribution is 8.13. The van der Waals surface area contributed by atoms with Crippen molar-refractivity contribution in [1.29, 1.82) is 0 Å². The fourth-order valence-corrected chi connectivity index (χ4v) is 1.42. The van der Waals surface area contributed by atoms with Crippen LogP contribution in [0.4, 0.5) is 13.2 Å². The zero-order valence-electron chi connectivity index (χ0n) is 7.26. The molecule has 0 aliphatic rings. The number of hydrogen-bond acceptors (Lipinski definition) is 2. The number of alkyl halides is 3. The minimum atomic E-state index is -4.47. The summed E-state index contributed by atoms with van der Waals surface area (Å²) in [6, 6.07) is 4.77. The summed E-state index contributed by atoms with van der Waals surface area (Å²) in [4.78, 5) is 11.1. The van der Waals surface area contributed by atoms with Crippen molar-refractivity contribution >= 4 is 16.9 Å². The van der Waals surface area contributed by atoms with E-state index in [1.165, 1.54) is 24.5 Å². The standard InChI is InChI=1S/C9H7F3OS/c1-14-8(13)6-4-2-3-5-7(6)9(10,11)12/h2-5H,1H3. The molecule has 1 aromatic rings. The van der Waals surface area contributed by atoms with Gasteiger partial charge in [0.15, 0.2) is 0 Å². The first kappa shape index (κ1) is 11.1. The molecule has 0 spiro atoms. The lowest BCUT2D eigenvalue weighted by atomic mass is 10.1. The zero-order valence-corrected chi connectivity index (χ0v) is 8.08. The maximum absolute atomic E-state index is 12.4. The van der Waals surface area contributed by atoms with Crippen molar-refractivity contribution in [2.75, 3.05) is 6.26 Å². The highest BCUT2D eigenvalue weighted by atomic mass is 32.2. The molecule has 0 aromatic heterocycles. The van der Waals surface area contributed by atoms with Crippen molar-refractivity contribution in [3.05, 3.63) is 35.4 Å². The largest absolute Gasteiger partial charge is 0.417 e. The Kier molecular flexibility index (Phi) is 3.21. The predicted octanol–water partition coefficient (Wildman–Crippen LogP) is 3.21. The number of rotatable bonds is 1. The van der Waals surface area contributed by atoms with E-state index in [0.717, 1.165) is 17.8 Å². The van der Waals surface area contributed by atoms with Gasteiger partial charge >= 0.3 is 6.18 Å². The third-order valence-electron chi connectivity index (χ3n) is 1.64. The molecule has 0 aliphatic heterocycles. The Balaban J connectivity index is 3.23. The minimum absolute atomic E-state index is 0.285. The third-order valence-corrected chi connectivity index (χ3v) is 2.23. The molecule has 0 radical (unpaired) electrons. The normalized spacial score (nSPS) is 11.4. The maximum Gasteiger partial charge on any atom is 0.417 e. The van der Waals surface area contributed by atoms with Crippen molar-refractivity contribution in [3.8, 4) is 0 Å². The number of carbonyl (C=O) groups excluding carboxylic acids is 1. The van der Waals surface area contributed by atoms with Crippen molar-refractivity contribution in [2.45, 2.75) is 6.18 Å². The fourth-order valence-electron chi connectivity index (χ4n) is 1.02. The van der Waals surface area contributed by atoms with E-state index in [0.29, 0.717) is 0 Å². The van der Waals surface area contributed by atoms with Crippen LogP contribution in [0.2, 0.25) is 0 Å². The molecule has 1 aromatic carbocycles. The van der Waals surface area contributed by atoms with Gasteiger partial charge < -0.3 is 0 Å². The third kappa shape index (κ3) is 2.29. The Labute approximate surface area is 83.3 Å². The summed E-state index contributed by atoms with van der Waals surface area (Å²) in [7, 11) is 0. The first-order valence-corrected chi connectivity index (χ1v) is 4.94. The van der Waals surface area contributed by atoms with E-state index >= 15 is 0 Å². The summed E-state index contributed by atoms with van der Waals surface area (Å²) in [5, 5.41) is -0.571. The van der Waals surface area contributed by atoms with Gasteiger partial charge in [-0.15, -0.1) is 0 Å².